The molecule has 7 heteroatoms. The number of carbonyl (C=O) groups excluding carboxylic acids is 2. The molecule has 0 aromatic carbocycles. The number of fused-ring (bicyclic) bond motifs is 1. The number of aryl methyl sites for hydroxylation is 1. The van der Waals surface area contributed by atoms with E-state index in [9.17, 15) is 14.9 Å². The van der Waals surface area contributed by atoms with E-state index in [1.807, 2.05) is 16.8 Å². The molecule has 2 aromatic rings. The fraction of sp³-hybridized carbons (Fsp3) is 0.350. The van der Waals surface area contributed by atoms with Crippen LogP contribution in [0.3, 0.4) is 0 Å². The number of nitrogens with zero attached hydrogens (tertiary/aromatic N) is 1. The monoisotopic (exact) mass is 400 g/mol. The average molecular weight is 401 g/mol. The van der Waals surface area contributed by atoms with E-state index < -0.39 is 18.0 Å². The van der Waals surface area contributed by atoms with Gasteiger partial charge in [-0.2, -0.15) is 16.6 Å². The summed E-state index contributed by atoms with van der Waals surface area (Å²) in [7, 11) is 0. The molecular weight excluding hydrogens is 380 g/mol. The topological polar surface area (TPSA) is 79.2 Å². The minimum absolute atomic E-state index is 0.430. The number of hydrogen-bond donors (Lipinski definition) is 1. The van der Waals surface area contributed by atoms with E-state index in [-0.39, 0.29) is 0 Å². The normalized spacial score (nSPS) is 14.8. The van der Waals surface area contributed by atoms with Crippen molar-refractivity contribution in [2.24, 2.45) is 0 Å². The van der Waals surface area contributed by atoms with Gasteiger partial charge in [0.25, 0.3) is 5.91 Å². The Labute approximate surface area is 166 Å². The first kappa shape index (κ1) is 19.3. The lowest BCUT2D eigenvalue weighted by Gasteiger charge is -2.11. The third-order valence-electron chi connectivity index (χ3n) is 4.39. The molecule has 3 rings (SSSR count). The number of thiophene rings is 2. The molecule has 0 unspecified atom stereocenters. The van der Waals surface area contributed by atoms with Gasteiger partial charge in [0.2, 0.25) is 0 Å². The lowest BCUT2D eigenvalue weighted by atomic mass is 10.1. The third-order valence-corrected chi connectivity index (χ3v) is 6.30. The molecule has 0 saturated heterocycles. The first-order valence-electron chi connectivity index (χ1n) is 8.85. The summed E-state index contributed by atoms with van der Waals surface area (Å²) in [6.07, 6.45) is 7.17. The smallest absolute Gasteiger partial charge is 0.331 e. The van der Waals surface area contributed by atoms with Crippen LogP contribution in [0.5, 0.6) is 0 Å². The van der Waals surface area contributed by atoms with Crippen molar-refractivity contribution >= 4 is 45.6 Å². The van der Waals surface area contributed by atoms with Crippen molar-refractivity contribution in [3.63, 3.8) is 0 Å². The number of nitriles is 1. The summed E-state index contributed by atoms with van der Waals surface area (Å²) in [5.41, 5.74) is 2.53. The van der Waals surface area contributed by atoms with E-state index >= 15 is 0 Å². The molecular formula is C20H20N2O3S2. The van der Waals surface area contributed by atoms with Crippen LogP contribution < -0.4 is 5.32 Å². The van der Waals surface area contributed by atoms with Crippen LogP contribution in [0.1, 0.15) is 47.8 Å². The molecule has 1 N–H and O–H groups in total. The van der Waals surface area contributed by atoms with Crippen molar-refractivity contribution in [1.29, 1.82) is 5.26 Å². The maximum Gasteiger partial charge on any atom is 0.331 e. The molecule has 140 valence electrons. The Morgan fingerprint density at radius 1 is 1.33 bits per heavy atom. The zero-order chi connectivity index (χ0) is 19.2. The number of nitrogens with one attached hydrogen (secondary N) is 1. The van der Waals surface area contributed by atoms with Gasteiger partial charge in [0.15, 0.2) is 6.10 Å². The van der Waals surface area contributed by atoms with Crippen molar-refractivity contribution in [2.45, 2.75) is 45.1 Å². The quantitative estimate of drug-likeness (QED) is 0.454. The molecule has 0 saturated carbocycles. The van der Waals surface area contributed by atoms with Crippen LogP contribution in [-0.4, -0.2) is 18.0 Å². The van der Waals surface area contributed by atoms with Gasteiger partial charge in [-0.25, -0.2) is 4.79 Å². The number of carbonyl (C=O) groups is 2. The SMILES string of the molecule is C[C@@H](OC(=O)/C=C/c1ccsc1)C(=O)Nc1sc2c(c1C#N)CCCCC2. The second kappa shape index (κ2) is 8.98. The van der Waals surface area contributed by atoms with E-state index in [2.05, 4.69) is 11.4 Å². The van der Waals surface area contributed by atoms with E-state index in [0.717, 1.165) is 36.8 Å². The lowest BCUT2D eigenvalue weighted by molar-refractivity contribution is -0.148. The summed E-state index contributed by atoms with van der Waals surface area (Å²) < 4.78 is 5.17. The fourth-order valence-electron chi connectivity index (χ4n) is 2.96. The molecule has 0 aliphatic heterocycles. The predicted molar refractivity (Wildman–Crippen MR) is 108 cm³/mol. The second-order valence-corrected chi connectivity index (χ2v) is 8.22. The van der Waals surface area contributed by atoms with Gasteiger partial charge in [0.1, 0.15) is 11.1 Å². The zero-order valence-electron chi connectivity index (χ0n) is 15.0. The molecule has 1 aliphatic rings. The molecule has 1 amide bonds. The van der Waals surface area contributed by atoms with Gasteiger partial charge in [-0.15, -0.1) is 11.3 Å². The highest BCUT2D eigenvalue weighted by Crippen LogP contribution is 2.37. The van der Waals surface area contributed by atoms with Crippen LogP contribution >= 0.6 is 22.7 Å². The number of esters is 1. The Kier molecular flexibility index (Phi) is 6.43. The Morgan fingerprint density at radius 2 is 2.15 bits per heavy atom. The summed E-state index contributed by atoms with van der Waals surface area (Å²) in [5.74, 6) is -1.01. The summed E-state index contributed by atoms with van der Waals surface area (Å²) in [5, 5.41) is 16.7. The molecule has 2 aromatic heterocycles. The van der Waals surface area contributed by atoms with Crippen molar-refractivity contribution in [3.8, 4) is 6.07 Å². The minimum Gasteiger partial charge on any atom is -0.449 e. The number of ether oxygens (including phenoxy) is 1. The van der Waals surface area contributed by atoms with Gasteiger partial charge < -0.3 is 10.1 Å². The predicted octanol–water partition coefficient (Wildman–Crippen LogP) is 4.53. The summed E-state index contributed by atoms with van der Waals surface area (Å²) in [6, 6.07) is 4.11. The Balaban J connectivity index is 1.63. The molecule has 0 fully saturated rings. The highest BCUT2D eigenvalue weighted by Gasteiger charge is 2.23. The third kappa shape index (κ3) is 4.85. The van der Waals surface area contributed by atoms with Crippen LogP contribution in [0.15, 0.2) is 22.9 Å². The second-order valence-electron chi connectivity index (χ2n) is 6.34. The van der Waals surface area contributed by atoms with Crippen LogP contribution in [0.25, 0.3) is 6.08 Å². The first-order chi connectivity index (χ1) is 13.1. The van der Waals surface area contributed by atoms with Gasteiger partial charge in [-0.1, -0.05) is 6.42 Å². The largest absolute Gasteiger partial charge is 0.449 e. The summed E-state index contributed by atoms with van der Waals surface area (Å²) >= 11 is 3.00. The van der Waals surface area contributed by atoms with Crippen LogP contribution in [-0.2, 0) is 27.2 Å². The molecule has 0 radical (unpaired) electrons. The van der Waals surface area contributed by atoms with Gasteiger partial charge in [0, 0.05) is 11.0 Å². The van der Waals surface area contributed by atoms with Crippen LogP contribution in [0, 0.1) is 11.3 Å². The Bertz CT molecular complexity index is 891. The molecule has 0 spiro atoms. The van der Waals surface area contributed by atoms with E-state index in [1.165, 1.54) is 47.0 Å². The average Bonchev–Trinajstić information content (AvgIpc) is 3.22. The fourth-order valence-corrected chi connectivity index (χ4v) is 4.83. The first-order valence-corrected chi connectivity index (χ1v) is 10.6. The van der Waals surface area contributed by atoms with Crippen molar-refractivity contribution in [1.82, 2.24) is 0 Å². The standard InChI is InChI=1S/C20H20N2O3S2/c1-13(25-18(23)8-7-14-9-10-26-12-14)19(24)22-20-16(11-21)15-5-3-2-4-6-17(15)27-20/h7-10,12-13H,2-6H2,1H3,(H,22,24)/b8-7+/t13-/m1/s1. The Hall–Kier alpha value is -2.43. The van der Waals surface area contributed by atoms with Gasteiger partial charge in [-0.3, -0.25) is 4.79 Å². The van der Waals surface area contributed by atoms with Crippen LogP contribution in [0.4, 0.5) is 5.00 Å². The maximum absolute atomic E-state index is 12.4. The van der Waals surface area contributed by atoms with Gasteiger partial charge in [-0.05, 0) is 66.6 Å². The number of hydrogen-bond acceptors (Lipinski definition) is 6. The van der Waals surface area contributed by atoms with Crippen molar-refractivity contribution in [2.75, 3.05) is 5.32 Å². The minimum atomic E-state index is -0.946. The molecule has 0 bridgehead atoms. The maximum atomic E-state index is 12.4. The van der Waals surface area contributed by atoms with Gasteiger partial charge in [0.05, 0.1) is 5.56 Å². The molecule has 5 nitrogen and oxygen atoms in total. The number of anilines is 1. The highest BCUT2D eigenvalue weighted by molar-refractivity contribution is 7.16. The zero-order valence-corrected chi connectivity index (χ0v) is 16.6. The van der Waals surface area contributed by atoms with E-state index in [4.69, 9.17) is 4.74 Å². The van der Waals surface area contributed by atoms with Crippen molar-refractivity contribution < 1.29 is 14.3 Å². The number of rotatable bonds is 5. The van der Waals surface area contributed by atoms with Crippen molar-refractivity contribution in [3.05, 3.63) is 44.5 Å². The summed E-state index contributed by atoms with van der Waals surface area (Å²) in [6.45, 7) is 1.52. The van der Waals surface area contributed by atoms with Gasteiger partial charge >= 0.3 is 5.97 Å². The molecule has 2 heterocycles. The molecule has 27 heavy (non-hydrogen) atoms. The lowest BCUT2D eigenvalue weighted by Crippen LogP contribution is -2.29. The summed E-state index contributed by atoms with van der Waals surface area (Å²) in [4.78, 5) is 25.5. The Morgan fingerprint density at radius 3 is 2.89 bits per heavy atom. The van der Waals surface area contributed by atoms with Crippen LogP contribution in [0.2, 0.25) is 0 Å². The molecule has 1 aliphatic carbocycles. The highest BCUT2D eigenvalue weighted by atomic mass is 32.1. The van der Waals surface area contributed by atoms with E-state index in [1.54, 1.807) is 6.08 Å². The van der Waals surface area contributed by atoms with E-state index in [0.29, 0.717) is 10.6 Å². The number of amides is 1. The molecule has 1 atom stereocenters.